The summed E-state index contributed by atoms with van der Waals surface area (Å²) in [6, 6.07) is 0. The normalized spacial score (nSPS) is 12.8. The number of hydrogen-bond donors (Lipinski definition) is 2. The SMILES string of the molecule is C=C(C)C(=O)OCCNC(=O)OCCOCC(C)CC.CCC(C)CNC(C)(C)CS(=O)(=O)[O-].CCCC[N+](CCCC)(CCCC)CCCC. The Labute approximate surface area is 314 Å². The van der Waals surface area contributed by atoms with Crippen LogP contribution < -0.4 is 10.6 Å². The zero-order valence-corrected chi connectivity index (χ0v) is 35.6. The summed E-state index contributed by atoms with van der Waals surface area (Å²) in [4.78, 5) is 22.3. The van der Waals surface area contributed by atoms with Gasteiger partial charge in [0.1, 0.15) is 13.2 Å². The minimum Gasteiger partial charge on any atom is -0.748 e. The highest BCUT2D eigenvalue weighted by Crippen LogP contribution is 2.16. The van der Waals surface area contributed by atoms with Crippen molar-refractivity contribution >= 4 is 22.2 Å². The molecule has 0 aromatic rings. The number of carbonyl (C=O) groups excluding carboxylic acids is 2. The quantitative estimate of drug-likeness (QED) is 0.0269. The van der Waals surface area contributed by atoms with Gasteiger partial charge in [0.2, 0.25) is 0 Å². The predicted octanol–water partition coefficient (Wildman–Crippen LogP) is 7.84. The molecule has 0 saturated carbocycles. The number of ether oxygens (including phenoxy) is 3. The van der Waals surface area contributed by atoms with E-state index in [4.69, 9.17) is 14.2 Å². The molecule has 0 radical (unpaired) electrons. The number of nitrogens with zero attached hydrogens (tertiary/aromatic N) is 1. The zero-order valence-electron chi connectivity index (χ0n) is 34.8. The van der Waals surface area contributed by atoms with Gasteiger partial charge in [-0.15, -0.1) is 0 Å². The number of amides is 1. The first kappa shape index (κ1) is 53.6. The summed E-state index contributed by atoms with van der Waals surface area (Å²) in [6.45, 7) is 34.1. The van der Waals surface area contributed by atoms with Crippen molar-refractivity contribution in [2.45, 2.75) is 146 Å². The molecule has 11 nitrogen and oxygen atoms in total. The van der Waals surface area contributed by atoms with Gasteiger partial charge in [-0.25, -0.2) is 18.0 Å². The Morgan fingerprint density at radius 3 is 1.65 bits per heavy atom. The van der Waals surface area contributed by atoms with Crippen molar-refractivity contribution in [3.05, 3.63) is 12.2 Å². The minimum absolute atomic E-state index is 0.0886. The molecule has 0 aromatic heterocycles. The first-order chi connectivity index (χ1) is 23.9. The van der Waals surface area contributed by atoms with Crippen LogP contribution in [0.5, 0.6) is 0 Å². The lowest BCUT2D eigenvalue weighted by Crippen LogP contribution is -2.50. The molecule has 51 heavy (non-hydrogen) atoms. The Balaban J connectivity index is -0.000000689. The van der Waals surface area contributed by atoms with Crippen LogP contribution >= 0.6 is 0 Å². The number of rotatable bonds is 28. The van der Waals surface area contributed by atoms with Gasteiger partial charge in [-0.2, -0.15) is 0 Å². The third-order valence-electron chi connectivity index (χ3n) is 8.62. The van der Waals surface area contributed by atoms with E-state index < -0.39 is 27.7 Å². The van der Waals surface area contributed by atoms with Crippen LogP contribution in [0.25, 0.3) is 0 Å². The van der Waals surface area contributed by atoms with Crippen molar-refractivity contribution in [1.82, 2.24) is 10.6 Å². The number of quaternary nitrogens is 1. The summed E-state index contributed by atoms with van der Waals surface area (Å²) in [5, 5.41) is 5.55. The Kier molecular flexibility index (Phi) is 34.6. The summed E-state index contributed by atoms with van der Waals surface area (Å²) in [7, 11) is -4.15. The van der Waals surface area contributed by atoms with Crippen LogP contribution in [0.3, 0.4) is 0 Å². The van der Waals surface area contributed by atoms with Gasteiger partial charge in [-0.3, -0.25) is 0 Å². The molecule has 0 bridgehead atoms. The fourth-order valence-electron chi connectivity index (χ4n) is 4.80. The maximum absolute atomic E-state index is 11.2. The smallest absolute Gasteiger partial charge is 0.407 e. The highest BCUT2D eigenvalue weighted by Gasteiger charge is 2.25. The van der Waals surface area contributed by atoms with Crippen molar-refractivity contribution < 1.29 is 41.3 Å². The first-order valence-electron chi connectivity index (χ1n) is 19.7. The molecule has 1 amide bonds. The molecular weight excluding hydrogens is 671 g/mol. The largest absolute Gasteiger partial charge is 0.748 e. The first-order valence-corrected chi connectivity index (χ1v) is 21.3. The van der Waals surface area contributed by atoms with Gasteiger partial charge in [-0.1, -0.05) is 100 Å². The number of esters is 1. The van der Waals surface area contributed by atoms with Crippen molar-refractivity contribution in [3.8, 4) is 0 Å². The molecule has 0 aliphatic heterocycles. The number of alkyl carbamates (subject to hydrolysis) is 1. The van der Waals surface area contributed by atoms with E-state index in [0.717, 1.165) is 19.4 Å². The Morgan fingerprint density at radius 2 is 1.25 bits per heavy atom. The topological polar surface area (TPSA) is 143 Å². The minimum atomic E-state index is -4.15. The standard InChI is InChI=1S/C16H36N.C14H25NO5.C9H21NO3S/c1-5-9-13-17(14-10-6-2,15-11-7-3)16-12-8-4;1-5-12(4)10-18-8-9-20-14(17)15-6-7-19-13(16)11(2)3;1-5-8(2)6-10-9(3,4)7-14(11,12)13/h5-16H2,1-4H3;12H,2,5-10H2,1,3-4H3,(H,15,17);8,10H,5-7H2,1-4H3,(H,11,12,13)/q+1;;/p-1. The lowest BCUT2D eigenvalue weighted by Gasteiger charge is -2.39. The van der Waals surface area contributed by atoms with E-state index in [1.54, 1.807) is 20.8 Å². The van der Waals surface area contributed by atoms with E-state index in [-0.39, 0.29) is 25.5 Å². The van der Waals surface area contributed by atoms with E-state index in [9.17, 15) is 22.6 Å². The molecule has 0 rings (SSSR count). The number of carbonyl (C=O) groups is 2. The third kappa shape index (κ3) is 36.4. The lowest BCUT2D eigenvalue weighted by molar-refractivity contribution is -0.929. The molecule has 2 N–H and O–H groups in total. The van der Waals surface area contributed by atoms with Crippen LogP contribution in [0.1, 0.15) is 140 Å². The molecule has 0 aliphatic carbocycles. The number of hydrogen-bond acceptors (Lipinski definition) is 9. The third-order valence-corrected chi connectivity index (χ3v) is 9.70. The average molecular weight is 752 g/mol. The van der Waals surface area contributed by atoms with Crippen molar-refractivity contribution in [2.75, 3.05) is 71.4 Å². The fourth-order valence-corrected chi connectivity index (χ4v) is 5.79. The van der Waals surface area contributed by atoms with Gasteiger partial charge in [0.15, 0.2) is 0 Å². The molecule has 0 fully saturated rings. The second-order valence-electron chi connectivity index (χ2n) is 14.7. The summed E-state index contributed by atoms with van der Waals surface area (Å²) in [5.74, 6) is 0.158. The van der Waals surface area contributed by atoms with E-state index in [0.29, 0.717) is 30.6 Å². The average Bonchev–Trinajstić information content (AvgIpc) is 3.07. The van der Waals surface area contributed by atoms with Crippen LogP contribution in [0.4, 0.5) is 4.79 Å². The maximum Gasteiger partial charge on any atom is 0.407 e. The van der Waals surface area contributed by atoms with Crippen molar-refractivity contribution in [1.29, 1.82) is 0 Å². The number of nitrogens with one attached hydrogen (secondary N) is 2. The second-order valence-corrected chi connectivity index (χ2v) is 16.1. The summed E-state index contributed by atoms with van der Waals surface area (Å²) in [6.07, 6.45) is 12.6. The van der Waals surface area contributed by atoms with Crippen LogP contribution in [0.2, 0.25) is 0 Å². The lowest BCUT2D eigenvalue weighted by atomic mass is 10.1. The zero-order chi connectivity index (χ0) is 39.8. The van der Waals surface area contributed by atoms with Crippen molar-refractivity contribution in [3.63, 3.8) is 0 Å². The van der Waals surface area contributed by atoms with E-state index >= 15 is 0 Å². The van der Waals surface area contributed by atoms with Gasteiger partial charge >= 0.3 is 12.1 Å². The van der Waals surface area contributed by atoms with Gasteiger partial charge in [-0.05, 0) is 64.8 Å². The molecule has 0 aliphatic rings. The second kappa shape index (κ2) is 32.9. The van der Waals surface area contributed by atoms with Crippen LogP contribution in [-0.4, -0.2) is 107 Å². The number of unbranched alkanes of at least 4 members (excludes halogenated alkanes) is 4. The molecular formula is C39H81N3O8S. The molecule has 0 heterocycles. The van der Waals surface area contributed by atoms with E-state index in [2.05, 4.69) is 72.6 Å². The van der Waals surface area contributed by atoms with Crippen LogP contribution in [0, 0.1) is 11.8 Å². The molecule has 0 spiro atoms. The molecule has 12 heteroatoms. The maximum atomic E-state index is 11.2. The van der Waals surface area contributed by atoms with Gasteiger partial charge < -0.3 is 33.9 Å². The molecule has 306 valence electrons. The monoisotopic (exact) mass is 752 g/mol. The van der Waals surface area contributed by atoms with E-state index in [1.807, 2.05) is 0 Å². The Hall–Kier alpha value is -1.73. The molecule has 0 aromatic carbocycles. The Bertz CT molecular complexity index is 938. The highest BCUT2D eigenvalue weighted by atomic mass is 32.2. The van der Waals surface area contributed by atoms with Crippen LogP contribution in [0.15, 0.2) is 12.2 Å². The fraction of sp³-hybridized carbons (Fsp3) is 0.897. The summed E-state index contributed by atoms with van der Waals surface area (Å²) in [5.41, 5.74) is -0.310. The van der Waals surface area contributed by atoms with Gasteiger partial charge in [0, 0.05) is 17.7 Å². The van der Waals surface area contributed by atoms with Crippen molar-refractivity contribution in [2.24, 2.45) is 11.8 Å². The molecule has 0 saturated heterocycles. The highest BCUT2D eigenvalue weighted by molar-refractivity contribution is 7.85. The summed E-state index contributed by atoms with van der Waals surface area (Å²) < 4.78 is 48.1. The van der Waals surface area contributed by atoms with E-state index in [1.165, 1.54) is 82.0 Å². The Morgan fingerprint density at radius 1 is 0.784 bits per heavy atom. The predicted molar refractivity (Wildman–Crippen MR) is 211 cm³/mol. The molecule has 2 unspecified atom stereocenters. The molecule has 2 atom stereocenters. The van der Waals surface area contributed by atoms with Gasteiger partial charge in [0.25, 0.3) is 0 Å². The van der Waals surface area contributed by atoms with Gasteiger partial charge in [0.05, 0.1) is 55.2 Å². The summed E-state index contributed by atoms with van der Waals surface area (Å²) >= 11 is 0. The van der Waals surface area contributed by atoms with Crippen LogP contribution in [-0.2, 0) is 29.1 Å².